The Balaban J connectivity index is 2.45. The summed E-state index contributed by atoms with van der Waals surface area (Å²) in [6.45, 7) is 0. The molecule has 2 aromatic heterocycles. The van der Waals surface area contributed by atoms with Crippen LogP contribution in [0.2, 0.25) is 0 Å². The molecule has 2 rings (SSSR count). The Morgan fingerprint density at radius 1 is 1.27 bits per heavy atom. The van der Waals surface area contributed by atoms with Gasteiger partial charge in [-0.2, -0.15) is 0 Å². The molecule has 0 fully saturated rings. The van der Waals surface area contributed by atoms with Crippen molar-refractivity contribution in [2.75, 3.05) is 5.73 Å². The average molecular weight is 165 g/mol. The number of furan rings is 1. The summed E-state index contributed by atoms with van der Waals surface area (Å²) in [6, 6.07) is 5.81. The highest BCUT2D eigenvalue weighted by Crippen LogP contribution is 2.29. The summed E-state index contributed by atoms with van der Waals surface area (Å²) in [5, 5.41) is 0.834. The van der Waals surface area contributed by atoms with Gasteiger partial charge in [-0.3, -0.25) is 0 Å². The van der Waals surface area contributed by atoms with Crippen molar-refractivity contribution in [3.8, 4) is 10.4 Å². The number of hydrogen-bond donors (Lipinski definition) is 1. The van der Waals surface area contributed by atoms with E-state index in [9.17, 15) is 0 Å². The van der Waals surface area contributed by atoms with Gasteiger partial charge in [-0.25, -0.2) is 0 Å². The topological polar surface area (TPSA) is 39.2 Å². The van der Waals surface area contributed by atoms with E-state index in [4.69, 9.17) is 10.2 Å². The molecule has 11 heavy (non-hydrogen) atoms. The van der Waals surface area contributed by atoms with Gasteiger partial charge in [0, 0.05) is 10.4 Å². The molecule has 0 amide bonds. The van der Waals surface area contributed by atoms with Crippen LogP contribution in [0.5, 0.6) is 0 Å². The maximum Gasteiger partial charge on any atom is 0.0989 e. The summed E-state index contributed by atoms with van der Waals surface area (Å²) in [5.74, 6) is 0. The second-order valence-electron chi connectivity index (χ2n) is 2.21. The van der Waals surface area contributed by atoms with Gasteiger partial charge in [-0.15, -0.1) is 11.3 Å². The van der Waals surface area contributed by atoms with Gasteiger partial charge in [0.05, 0.1) is 17.5 Å². The van der Waals surface area contributed by atoms with Crippen molar-refractivity contribution in [2.24, 2.45) is 0 Å². The molecule has 0 aliphatic rings. The zero-order valence-electron chi connectivity index (χ0n) is 5.78. The van der Waals surface area contributed by atoms with Crippen LogP contribution in [0, 0.1) is 0 Å². The second kappa shape index (κ2) is 2.43. The van der Waals surface area contributed by atoms with Crippen molar-refractivity contribution < 1.29 is 4.42 Å². The molecule has 3 heteroatoms. The zero-order valence-corrected chi connectivity index (χ0v) is 6.60. The van der Waals surface area contributed by atoms with Crippen LogP contribution in [0.1, 0.15) is 0 Å². The summed E-state index contributed by atoms with van der Waals surface area (Å²) in [6.07, 6.45) is 3.37. The first-order valence-electron chi connectivity index (χ1n) is 3.24. The summed E-state index contributed by atoms with van der Waals surface area (Å²) in [7, 11) is 0. The van der Waals surface area contributed by atoms with Crippen LogP contribution in [0.4, 0.5) is 5.00 Å². The van der Waals surface area contributed by atoms with E-state index in [0.29, 0.717) is 0 Å². The molecule has 0 spiro atoms. The summed E-state index contributed by atoms with van der Waals surface area (Å²) >= 11 is 1.56. The van der Waals surface area contributed by atoms with Gasteiger partial charge in [0.2, 0.25) is 0 Å². The summed E-state index contributed by atoms with van der Waals surface area (Å²) < 4.78 is 4.94. The standard InChI is InChI=1S/C8H7NOS/c9-8-2-1-7(11-8)6-3-4-10-5-6/h1-5H,9H2. The third-order valence-corrected chi connectivity index (χ3v) is 2.40. The van der Waals surface area contributed by atoms with Crippen LogP contribution in [0.3, 0.4) is 0 Å². The highest BCUT2D eigenvalue weighted by atomic mass is 32.1. The second-order valence-corrected chi connectivity index (χ2v) is 3.33. The van der Waals surface area contributed by atoms with E-state index in [-0.39, 0.29) is 0 Å². The predicted molar refractivity (Wildman–Crippen MR) is 46.4 cm³/mol. The molecule has 0 bridgehead atoms. The Morgan fingerprint density at radius 2 is 2.18 bits per heavy atom. The zero-order chi connectivity index (χ0) is 7.68. The number of rotatable bonds is 1. The molecular weight excluding hydrogens is 158 g/mol. The van der Waals surface area contributed by atoms with Crippen molar-refractivity contribution in [3.63, 3.8) is 0 Å². The molecule has 0 saturated heterocycles. The molecular formula is C8H7NOS. The lowest BCUT2D eigenvalue weighted by atomic mass is 10.3. The van der Waals surface area contributed by atoms with Crippen LogP contribution >= 0.6 is 11.3 Å². The number of anilines is 1. The number of thiophene rings is 1. The lowest BCUT2D eigenvalue weighted by Crippen LogP contribution is -1.72. The highest BCUT2D eigenvalue weighted by molar-refractivity contribution is 7.19. The van der Waals surface area contributed by atoms with Gasteiger partial charge in [0.15, 0.2) is 0 Å². The number of hydrogen-bond acceptors (Lipinski definition) is 3. The van der Waals surface area contributed by atoms with E-state index in [2.05, 4.69) is 0 Å². The van der Waals surface area contributed by atoms with Gasteiger partial charge in [-0.1, -0.05) is 0 Å². The van der Waals surface area contributed by atoms with Gasteiger partial charge < -0.3 is 10.2 Å². The van der Waals surface area contributed by atoms with Gasteiger partial charge in [0.1, 0.15) is 0 Å². The molecule has 0 radical (unpaired) electrons. The summed E-state index contributed by atoms with van der Waals surface area (Å²) in [4.78, 5) is 1.15. The Hall–Kier alpha value is -1.22. The first-order valence-corrected chi connectivity index (χ1v) is 4.06. The number of nitrogens with two attached hydrogens (primary N) is 1. The lowest BCUT2D eigenvalue weighted by Gasteiger charge is -1.84. The first kappa shape index (κ1) is 6.49. The van der Waals surface area contributed by atoms with Crippen LogP contribution in [0.25, 0.3) is 10.4 Å². The van der Waals surface area contributed by atoms with Gasteiger partial charge in [-0.05, 0) is 18.2 Å². The Bertz CT molecular complexity index is 337. The first-order chi connectivity index (χ1) is 5.36. The van der Waals surface area contributed by atoms with Crippen molar-refractivity contribution in [2.45, 2.75) is 0 Å². The van der Waals surface area contributed by atoms with E-state index < -0.39 is 0 Å². The molecule has 0 unspecified atom stereocenters. The van der Waals surface area contributed by atoms with E-state index in [1.807, 2.05) is 18.2 Å². The maximum atomic E-state index is 5.57. The quantitative estimate of drug-likeness (QED) is 0.705. The minimum Gasteiger partial charge on any atom is -0.472 e. The van der Waals surface area contributed by atoms with Crippen LogP contribution in [-0.2, 0) is 0 Å². The third kappa shape index (κ3) is 1.14. The third-order valence-electron chi connectivity index (χ3n) is 1.43. The normalized spacial score (nSPS) is 10.2. The van der Waals surface area contributed by atoms with E-state index in [1.54, 1.807) is 23.9 Å². The number of nitrogen functional groups attached to an aromatic ring is 1. The Labute approximate surface area is 68.3 Å². The smallest absolute Gasteiger partial charge is 0.0989 e. The van der Waals surface area contributed by atoms with Crippen molar-refractivity contribution >= 4 is 16.3 Å². The predicted octanol–water partition coefficient (Wildman–Crippen LogP) is 2.59. The fourth-order valence-electron chi connectivity index (χ4n) is 0.913. The molecule has 0 aliphatic carbocycles. The highest BCUT2D eigenvalue weighted by Gasteiger charge is 2.00. The minimum atomic E-state index is 0.834. The monoisotopic (exact) mass is 165 g/mol. The molecule has 0 saturated carbocycles. The van der Waals surface area contributed by atoms with E-state index in [1.165, 1.54) is 0 Å². The van der Waals surface area contributed by atoms with Crippen LogP contribution in [0.15, 0.2) is 35.1 Å². The molecule has 0 aromatic carbocycles. The van der Waals surface area contributed by atoms with Crippen LogP contribution in [-0.4, -0.2) is 0 Å². The molecule has 2 aromatic rings. The molecule has 2 N–H and O–H groups in total. The van der Waals surface area contributed by atoms with Crippen LogP contribution < -0.4 is 5.73 Å². The Morgan fingerprint density at radius 3 is 2.73 bits per heavy atom. The molecule has 56 valence electrons. The lowest BCUT2D eigenvalue weighted by molar-refractivity contribution is 0.568. The maximum absolute atomic E-state index is 5.57. The van der Waals surface area contributed by atoms with E-state index in [0.717, 1.165) is 15.4 Å². The van der Waals surface area contributed by atoms with Crippen molar-refractivity contribution in [3.05, 3.63) is 30.7 Å². The van der Waals surface area contributed by atoms with Crippen molar-refractivity contribution in [1.82, 2.24) is 0 Å². The molecule has 2 nitrogen and oxygen atoms in total. The average Bonchev–Trinajstić information content (AvgIpc) is 2.55. The fraction of sp³-hybridized carbons (Fsp3) is 0. The minimum absolute atomic E-state index is 0.834. The van der Waals surface area contributed by atoms with E-state index >= 15 is 0 Å². The largest absolute Gasteiger partial charge is 0.472 e. The summed E-state index contributed by atoms with van der Waals surface area (Å²) in [5.41, 5.74) is 6.66. The fourth-order valence-corrected chi connectivity index (χ4v) is 1.67. The van der Waals surface area contributed by atoms with Gasteiger partial charge >= 0.3 is 0 Å². The molecule has 0 aliphatic heterocycles. The van der Waals surface area contributed by atoms with Crippen molar-refractivity contribution in [1.29, 1.82) is 0 Å². The van der Waals surface area contributed by atoms with Gasteiger partial charge in [0.25, 0.3) is 0 Å². The Kier molecular flexibility index (Phi) is 1.43. The molecule has 0 atom stereocenters. The molecule has 2 heterocycles. The SMILES string of the molecule is Nc1ccc(-c2ccoc2)s1.